The molecule has 0 saturated heterocycles. The molecule has 0 aliphatic heterocycles. The van der Waals surface area contributed by atoms with Crippen LogP contribution in [0.5, 0.6) is 0 Å². The summed E-state index contributed by atoms with van der Waals surface area (Å²) in [7, 11) is 0. The van der Waals surface area contributed by atoms with Gasteiger partial charge in [0, 0.05) is 0 Å². The molecular weight excluding hydrogens is 288 g/mol. The molecule has 3 nitrogen and oxygen atoms in total. The van der Waals surface area contributed by atoms with Gasteiger partial charge >= 0.3 is 5.97 Å². The van der Waals surface area contributed by atoms with Crippen molar-refractivity contribution in [3.8, 4) is 0 Å². The topological polar surface area (TPSA) is 46.5 Å². The SMILES string of the molecule is O=C(OC/C=C/c1ccccc1)C12CC3CC(CC(O)(C3)C1)C2. The highest BCUT2D eigenvalue weighted by atomic mass is 16.5. The maximum absolute atomic E-state index is 12.7. The van der Waals surface area contributed by atoms with E-state index in [1.54, 1.807) is 0 Å². The monoisotopic (exact) mass is 312 g/mol. The number of benzene rings is 1. The number of ether oxygens (including phenoxy) is 1. The highest BCUT2D eigenvalue weighted by Gasteiger charge is 2.60. The van der Waals surface area contributed by atoms with E-state index in [1.165, 1.54) is 6.42 Å². The Hall–Kier alpha value is -1.61. The Balaban J connectivity index is 1.39. The summed E-state index contributed by atoms with van der Waals surface area (Å²) >= 11 is 0. The van der Waals surface area contributed by atoms with E-state index in [1.807, 2.05) is 42.5 Å². The Kier molecular flexibility index (Phi) is 3.56. The molecule has 0 radical (unpaired) electrons. The molecule has 3 heteroatoms. The maximum atomic E-state index is 12.7. The lowest BCUT2D eigenvalue weighted by Gasteiger charge is -2.58. The first-order chi connectivity index (χ1) is 11.1. The molecule has 23 heavy (non-hydrogen) atoms. The molecule has 2 atom stereocenters. The van der Waals surface area contributed by atoms with Gasteiger partial charge in [0.2, 0.25) is 0 Å². The minimum absolute atomic E-state index is 0.0947. The van der Waals surface area contributed by atoms with E-state index in [-0.39, 0.29) is 5.97 Å². The van der Waals surface area contributed by atoms with Crippen LogP contribution in [0.2, 0.25) is 0 Å². The van der Waals surface area contributed by atoms with Gasteiger partial charge in [0.15, 0.2) is 0 Å². The van der Waals surface area contributed by atoms with Crippen LogP contribution in [0, 0.1) is 17.3 Å². The van der Waals surface area contributed by atoms with Crippen molar-refractivity contribution in [1.29, 1.82) is 0 Å². The highest BCUT2D eigenvalue weighted by molar-refractivity contribution is 5.78. The van der Waals surface area contributed by atoms with Crippen molar-refractivity contribution in [2.75, 3.05) is 6.61 Å². The Morgan fingerprint density at radius 2 is 1.87 bits per heavy atom. The van der Waals surface area contributed by atoms with Crippen LogP contribution < -0.4 is 0 Å². The van der Waals surface area contributed by atoms with Gasteiger partial charge in [-0.3, -0.25) is 4.79 Å². The third-order valence-electron chi connectivity index (χ3n) is 5.88. The van der Waals surface area contributed by atoms with Gasteiger partial charge in [0.1, 0.15) is 6.61 Å². The number of carbonyl (C=O) groups is 1. The minimum Gasteiger partial charge on any atom is -0.461 e. The first-order valence-corrected chi connectivity index (χ1v) is 8.68. The lowest BCUT2D eigenvalue weighted by molar-refractivity contribution is -0.195. The number of aliphatic hydroxyl groups is 1. The Labute approximate surface area is 137 Å². The molecule has 0 heterocycles. The molecule has 4 aliphatic carbocycles. The average molecular weight is 312 g/mol. The van der Waals surface area contributed by atoms with E-state index in [0.29, 0.717) is 24.9 Å². The fourth-order valence-corrected chi connectivity index (χ4v) is 5.48. The molecule has 0 spiro atoms. The molecule has 0 amide bonds. The van der Waals surface area contributed by atoms with Gasteiger partial charge in [0.25, 0.3) is 0 Å². The zero-order valence-electron chi connectivity index (χ0n) is 13.4. The van der Waals surface area contributed by atoms with E-state index in [9.17, 15) is 9.90 Å². The molecule has 1 aromatic rings. The van der Waals surface area contributed by atoms with E-state index >= 15 is 0 Å². The normalized spacial score (nSPS) is 38.1. The smallest absolute Gasteiger partial charge is 0.312 e. The van der Waals surface area contributed by atoms with Gasteiger partial charge in [0.05, 0.1) is 11.0 Å². The van der Waals surface area contributed by atoms with Gasteiger partial charge in [-0.1, -0.05) is 36.4 Å². The molecule has 4 bridgehead atoms. The van der Waals surface area contributed by atoms with Crippen LogP contribution in [0.3, 0.4) is 0 Å². The second-order valence-electron chi connectivity index (χ2n) is 7.88. The van der Waals surface area contributed by atoms with Crippen molar-refractivity contribution in [3.63, 3.8) is 0 Å². The molecule has 0 aromatic heterocycles. The van der Waals surface area contributed by atoms with E-state index in [0.717, 1.165) is 31.2 Å². The third kappa shape index (κ3) is 2.83. The Morgan fingerprint density at radius 3 is 2.52 bits per heavy atom. The van der Waals surface area contributed by atoms with Crippen LogP contribution in [-0.2, 0) is 9.53 Å². The average Bonchev–Trinajstić information content (AvgIpc) is 2.50. The third-order valence-corrected chi connectivity index (χ3v) is 5.88. The molecular formula is C20H24O3. The summed E-state index contributed by atoms with van der Waals surface area (Å²) < 4.78 is 5.56. The lowest BCUT2D eigenvalue weighted by atomic mass is 9.48. The molecule has 1 aromatic carbocycles. The predicted octanol–water partition coefficient (Wildman–Crippen LogP) is 3.57. The van der Waals surface area contributed by atoms with Gasteiger partial charge < -0.3 is 9.84 Å². The van der Waals surface area contributed by atoms with Gasteiger partial charge in [-0.2, -0.15) is 0 Å². The molecule has 2 unspecified atom stereocenters. The van der Waals surface area contributed by atoms with E-state index < -0.39 is 11.0 Å². The van der Waals surface area contributed by atoms with Crippen LogP contribution in [0.25, 0.3) is 6.08 Å². The van der Waals surface area contributed by atoms with Crippen molar-refractivity contribution in [2.45, 2.75) is 44.1 Å². The number of esters is 1. The first kappa shape index (κ1) is 14.9. The molecule has 122 valence electrons. The van der Waals surface area contributed by atoms with Crippen molar-refractivity contribution in [1.82, 2.24) is 0 Å². The molecule has 4 aliphatic rings. The first-order valence-electron chi connectivity index (χ1n) is 8.68. The Bertz CT molecular complexity index is 605. The van der Waals surface area contributed by atoms with E-state index in [2.05, 4.69) is 0 Å². The second-order valence-corrected chi connectivity index (χ2v) is 7.88. The zero-order valence-corrected chi connectivity index (χ0v) is 13.4. The van der Waals surface area contributed by atoms with Crippen LogP contribution >= 0.6 is 0 Å². The lowest BCUT2D eigenvalue weighted by Crippen LogP contribution is -2.58. The van der Waals surface area contributed by atoms with Crippen molar-refractivity contribution in [2.24, 2.45) is 17.3 Å². The molecule has 1 N–H and O–H groups in total. The summed E-state index contributed by atoms with van der Waals surface area (Å²) in [5.74, 6) is 0.921. The zero-order chi connectivity index (χ0) is 15.9. The highest BCUT2D eigenvalue weighted by Crippen LogP contribution is 2.61. The van der Waals surface area contributed by atoms with Crippen LogP contribution in [0.1, 0.15) is 44.1 Å². The second kappa shape index (κ2) is 5.48. The fraction of sp³-hybridized carbons (Fsp3) is 0.550. The van der Waals surface area contributed by atoms with Crippen molar-refractivity contribution >= 4 is 12.0 Å². The summed E-state index contributed by atoms with van der Waals surface area (Å²) in [5.41, 5.74) is 0.0789. The summed E-state index contributed by atoms with van der Waals surface area (Å²) in [6.45, 7) is 0.309. The predicted molar refractivity (Wildman–Crippen MR) is 88.5 cm³/mol. The summed E-state index contributed by atoms with van der Waals surface area (Å²) in [6, 6.07) is 10.00. The molecule has 4 saturated carbocycles. The maximum Gasteiger partial charge on any atom is 0.312 e. The molecule has 4 fully saturated rings. The van der Waals surface area contributed by atoms with Crippen LogP contribution in [0.4, 0.5) is 0 Å². The Morgan fingerprint density at radius 1 is 1.17 bits per heavy atom. The quantitative estimate of drug-likeness (QED) is 0.865. The largest absolute Gasteiger partial charge is 0.461 e. The van der Waals surface area contributed by atoms with Crippen molar-refractivity contribution < 1.29 is 14.6 Å². The number of rotatable bonds is 4. The van der Waals surface area contributed by atoms with Gasteiger partial charge in [-0.15, -0.1) is 0 Å². The number of carbonyl (C=O) groups excluding carboxylic acids is 1. The van der Waals surface area contributed by atoms with Crippen molar-refractivity contribution in [3.05, 3.63) is 42.0 Å². The standard InChI is InChI=1S/C20H24O3/c21-18(23-8-4-7-15-5-2-1-3-6-15)19-10-16-9-17(11-19)13-20(22,12-16)14-19/h1-7,16-17,22H,8-14H2/b7-4+. The minimum atomic E-state index is -0.608. The van der Waals surface area contributed by atoms with Crippen LogP contribution in [-0.4, -0.2) is 23.3 Å². The van der Waals surface area contributed by atoms with Gasteiger partial charge in [-0.05, 0) is 62.0 Å². The van der Waals surface area contributed by atoms with E-state index in [4.69, 9.17) is 4.74 Å². The number of hydrogen-bond acceptors (Lipinski definition) is 3. The summed E-state index contributed by atoms with van der Waals surface area (Å²) in [5, 5.41) is 10.7. The number of hydrogen-bond donors (Lipinski definition) is 1. The fourth-order valence-electron chi connectivity index (χ4n) is 5.48. The molecule has 5 rings (SSSR count). The van der Waals surface area contributed by atoms with Gasteiger partial charge in [-0.25, -0.2) is 0 Å². The summed E-state index contributed by atoms with van der Waals surface area (Å²) in [4.78, 5) is 12.7. The van der Waals surface area contributed by atoms with Crippen LogP contribution in [0.15, 0.2) is 36.4 Å². The summed E-state index contributed by atoms with van der Waals surface area (Å²) in [6.07, 6.45) is 9.24.